The van der Waals surface area contributed by atoms with Crippen molar-refractivity contribution in [3.05, 3.63) is 58.8 Å². The van der Waals surface area contributed by atoms with Crippen LogP contribution in [-0.2, 0) is 0 Å². The molecule has 1 heterocycles. The number of hydrogen-bond acceptors (Lipinski definition) is 4. The molecule has 0 atom stereocenters. The quantitative estimate of drug-likeness (QED) is 0.504. The summed E-state index contributed by atoms with van der Waals surface area (Å²) >= 11 is 0. The van der Waals surface area contributed by atoms with Gasteiger partial charge >= 0.3 is 0 Å². The third-order valence-corrected chi connectivity index (χ3v) is 4.61. The second kappa shape index (κ2) is 7.58. The summed E-state index contributed by atoms with van der Waals surface area (Å²) in [5, 5.41) is 1.09. The molecule has 1 aromatic heterocycles. The largest absolute Gasteiger partial charge is 0.493 e. The Morgan fingerprint density at radius 3 is 2.30 bits per heavy atom. The maximum atomic E-state index is 13.0. The summed E-state index contributed by atoms with van der Waals surface area (Å²) in [4.78, 5) is 16.3. The van der Waals surface area contributed by atoms with E-state index in [4.69, 9.17) is 14.2 Å². The molecule has 3 aromatic rings. The van der Waals surface area contributed by atoms with Gasteiger partial charge < -0.3 is 19.2 Å². The molecule has 0 unspecified atom stereocenters. The van der Waals surface area contributed by atoms with Crippen molar-refractivity contribution >= 4 is 22.8 Å². The number of carbonyl (C=O) groups is 1. The minimum absolute atomic E-state index is 0.101. The van der Waals surface area contributed by atoms with Crippen molar-refractivity contribution in [2.45, 2.75) is 13.8 Å². The van der Waals surface area contributed by atoms with E-state index in [1.807, 2.05) is 24.4 Å². The van der Waals surface area contributed by atoms with Gasteiger partial charge in [-0.1, -0.05) is 18.2 Å². The average molecular weight is 365 g/mol. The Balaban J connectivity index is 2.02. The van der Waals surface area contributed by atoms with E-state index >= 15 is 0 Å². The number of aromatic amines is 1. The van der Waals surface area contributed by atoms with Crippen molar-refractivity contribution in [3.8, 4) is 17.2 Å². The molecule has 5 nitrogen and oxygen atoms in total. The summed E-state index contributed by atoms with van der Waals surface area (Å²) in [5.41, 5.74) is 4.32. The number of Topliss-reactive ketones (excluding diaryl/α,β-unsaturated/α-hetero) is 1. The van der Waals surface area contributed by atoms with Gasteiger partial charge in [-0.15, -0.1) is 0 Å². The maximum absolute atomic E-state index is 13.0. The maximum Gasteiger partial charge on any atom is 0.203 e. The van der Waals surface area contributed by atoms with Crippen LogP contribution in [0.2, 0.25) is 0 Å². The van der Waals surface area contributed by atoms with Crippen molar-refractivity contribution < 1.29 is 19.0 Å². The van der Waals surface area contributed by atoms with Gasteiger partial charge in [0.2, 0.25) is 5.75 Å². The first-order chi connectivity index (χ1) is 13.0. The van der Waals surface area contributed by atoms with Gasteiger partial charge in [0.15, 0.2) is 17.3 Å². The number of para-hydroxylation sites is 1. The lowest BCUT2D eigenvalue weighted by molar-refractivity contribution is 0.103. The van der Waals surface area contributed by atoms with E-state index in [0.717, 1.165) is 16.5 Å². The molecular formula is C22H23NO4. The van der Waals surface area contributed by atoms with Crippen LogP contribution in [0.5, 0.6) is 17.2 Å². The molecule has 0 bridgehead atoms. The number of ketones is 1. The standard InChI is InChI=1S/C22H23NO4/c1-13-7-6-8-17-16(12-23-20(13)17)9-14(2)21(24)15-10-18(25-3)22(27-5)19(11-15)26-4/h6-12,23H,1-5H3/b14-9+. The van der Waals surface area contributed by atoms with Gasteiger partial charge in [0.25, 0.3) is 0 Å². The van der Waals surface area contributed by atoms with Crippen molar-refractivity contribution in [3.63, 3.8) is 0 Å². The summed E-state index contributed by atoms with van der Waals surface area (Å²) < 4.78 is 16.0. The minimum atomic E-state index is -0.101. The van der Waals surface area contributed by atoms with E-state index < -0.39 is 0 Å². The third kappa shape index (κ3) is 3.40. The van der Waals surface area contributed by atoms with Crippen LogP contribution in [0.1, 0.15) is 28.4 Å². The predicted octanol–water partition coefficient (Wildman–Crippen LogP) is 4.79. The number of aromatic nitrogens is 1. The van der Waals surface area contributed by atoms with E-state index in [0.29, 0.717) is 28.4 Å². The number of nitrogens with one attached hydrogen (secondary N) is 1. The van der Waals surface area contributed by atoms with Crippen molar-refractivity contribution in [1.29, 1.82) is 0 Å². The van der Waals surface area contributed by atoms with E-state index in [1.165, 1.54) is 26.9 Å². The van der Waals surface area contributed by atoms with Gasteiger partial charge in [0.05, 0.1) is 21.3 Å². The van der Waals surface area contributed by atoms with Gasteiger partial charge in [-0.05, 0) is 43.2 Å². The summed E-state index contributed by atoms with van der Waals surface area (Å²) in [6, 6.07) is 9.45. The Morgan fingerprint density at radius 1 is 1.04 bits per heavy atom. The molecule has 0 aliphatic carbocycles. The summed E-state index contributed by atoms with van der Waals surface area (Å²) in [6.07, 6.45) is 3.81. The van der Waals surface area contributed by atoms with Crippen LogP contribution >= 0.6 is 0 Å². The molecule has 27 heavy (non-hydrogen) atoms. The number of methoxy groups -OCH3 is 3. The molecule has 0 amide bonds. The molecule has 0 aliphatic heterocycles. The number of H-pyrrole nitrogens is 1. The van der Waals surface area contributed by atoms with E-state index in [1.54, 1.807) is 19.1 Å². The van der Waals surface area contributed by atoms with Crippen LogP contribution in [-0.4, -0.2) is 32.1 Å². The van der Waals surface area contributed by atoms with Gasteiger partial charge in [0.1, 0.15) is 0 Å². The number of carbonyl (C=O) groups excluding carboxylic acids is 1. The fourth-order valence-corrected chi connectivity index (χ4v) is 3.19. The van der Waals surface area contributed by atoms with Crippen LogP contribution < -0.4 is 14.2 Å². The fourth-order valence-electron chi connectivity index (χ4n) is 3.19. The molecule has 0 radical (unpaired) electrons. The van der Waals surface area contributed by atoms with Crippen LogP contribution in [0.15, 0.2) is 42.1 Å². The van der Waals surface area contributed by atoms with Crippen LogP contribution in [0.4, 0.5) is 0 Å². The normalized spacial score (nSPS) is 11.5. The number of aryl methyl sites for hydroxylation is 1. The van der Waals surface area contributed by atoms with Crippen LogP contribution in [0.3, 0.4) is 0 Å². The highest BCUT2D eigenvalue weighted by Gasteiger charge is 2.18. The highest BCUT2D eigenvalue weighted by molar-refractivity contribution is 6.12. The van der Waals surface area contributed by atoms with E-state index in [9.17, 15) is 4.79 Å². The van der Waals surface area contributed by atoms with Gasteiger partial charge in [-0.3, -0.25) is 4.79 Å². The van der Waals surface area contributed by atoms with Crippen LogP contribution in [0.25, 0.3) is 17.0 Å². The van der Waals surface area contributed by atoms with Crippen molar-refractivity contribution in [2.75, 3.05) is 21.3 Å². The Labute approximate surface area is 158 Å². The van der Waals surface area contributed by atoms with Gasteiger partial charge in [-0.2, -0.15) is 0 Å². The number of hydrogen-bond donors (Lipinski definition) is 1. The number of allylic oxidation sites excluding steroid dienone is 1. The molecule has 0 saturated carbocycles. The Bertz CT molecular complexity index is 1000. The van der Waals surface area contributed by atoms with Crippen LogP contribution in [0, 0.1) is 6.92 Å². The lowest BCUT2D eigenvalue weighted by atomic mass is 10.0. The molecule has 0 aliphatic rings. The average Bonchev–Trinajstić information content (AvgIpc) is 3.10. The molecule has 1 N–H and O–H groups in total. The molecule has 0 fully saturated rings. The Morgan fingerprint density at radius 2 is 1.70 bits per heavy atom. The SMILES string of the molecule is COc1cc(C(=O)/C(C)=C/c2c[nH]c3c(C)cccc23)cc(OC)c1OC. The van der Waals surface area contributed by atoms with Crippen molar-refractivity contribution in [2.24, 2.45) is 0 Å². The topological polar surface area (TPSA) is 60.6 Å². The number of rotatable bonds is 6. The first-order valence-electron chi connectivity index (χ1n) is 8.59. The smallest absolute Gasteiger partial charge is 0.203 e. The Hall–Kier alpha value is -3.21. The molecule has 140 valence electrons. The predicted molar refractivity (Wildman–Crippen MR) is 107 cm³/mol. The summed E-state index contributed by atoms with van der Waals surface area (Å²) in [5.74, 6) is 1.27. The first-order valence-corrected chi connectivity index (χ1v) is 8.59. The highest BCUT2D eigenvalue weighted by Crippen LogP contribution is 2.38. The van der Waals surface area contributed by atoms with Crippen molar-refractivity contribution in [1.82, 2.24) is 4.98 Å². The number of ether oxygens (including phenoxy) is 3. The Kier molecular flexibility index (Phi) is 5.21. The highest BCUT2D eigenvalue weighted by atomic mass is 16.5. The van der Waals surface area contributed by atoms with E-state index in [-0.39, 0.29) is 5.78 Å². The zero-order valence-electron chi connectivity index (χ0n) is 16.2. The molecule has 0 saturated heterocycles. The monoisotopic (exact) mass is 365 g/mol. The van der Waals surface area contributed by atoms with Gasteiger partial charge in [0, 0.05) is 28.2 Å². The lowest BCUT2D eigenvalue weighted by Gasteiger charge is -2.13. The minimum Gasteiger partial charge on any atom is -0.493 e. The molecule has 2 aromatic carbocycles. The molecular weight excluding hydrogens is 342 g/mol. The summed E-state index contributed by atoms with van der Waals surface area (Å²) in [6.45, 7) is 3.86. The summed E-state index contributed by atoms with van der Waals surface area (Å²) in [7, 11) is 4.59. The lowest BCUT2D eigenvalue weighted by Crippen LogP contribution is -2.03. The fraction of sp³-hybridized carbons (Fsp3) is 0.227. The number of fused-ring (bicyclic) bond motifs is 1. The van der Waals surface area contributed by atoms with Gasteiger partial charge in [-0.25, -0.2) is 0 Å². The number of benzene rings is 2. The molecule has 0 spiro atoms. The molecule has 3 rings (SSSR count). The third-order valence-electron chi connectivity index (χ3n) is 4.61. The first kappa shape index (κ1) is 18.6. The molecule has 5 heteroatoms. The zero-order chi connectivity index (χ0) is 19.6. The second-order valence-corrected chi connectivity index (χ2v) is 6.31. The second-order valence-electron chi connectivity index (χ2n) is 6.31. The zero-order valence-corrected chi connectivity index (χ0v) is 16.2. The van der Waals surface area contributed by atoms with E-state index in [2.05, 4.69) is 18.0 Å².